The van der Waals surface area contributed by atoms with E-state index in [0.717, 1.165) is 25.1 Å². The molecule has 1 unspecified atom stereocenters. The molecule has 2 heterocycles. The Labute approximate surface area is 175 Å². The molecule has 0 aliphatic heterocycles. The molecule has 0 aliphatic rings. The summed E-state index contributed by atoms with van der Waals surface area (Å²) in [4.78, 5) is 26.5. The molecule has 6 N–H and O–H groups in total. The number of thioether (sulfide) groups is 1. The zero-order valence-corrected chi connectivity index (χ0v) is 17.7. The van der Waals surface area contributed by atoms with Crippen molar-refractivity contribution in [3.05, 3.63) is 30.6 Å². The van der Waals surface area contributed by atoms with Crippen LogP contribution in [0.25, 0.3) is 10.2 Å². The van der Waals surface area contributed by atoms with Gasteiger partial charge in [0, 0.05) is 47.6 Å². The van der Waals surface area contributed by atoms with E-state index >= 15 is 0 Å². The van der Waals surface area contributed by atoms with Crippen LogP contribution in [0, 0.1) is 5.92 Å². The molecule has 148 valence electrons. The van der Waals surface area contributed by atoms with Crippen LogP contribution < -0.4 is 21.5 Å². The minimum absolute atomic E-state index is 0.0245. The van der Waals surface area contributed by atoms with E-state index < -0.39 is 0 Å². The standard InChI is InChI=1S/C17H21N7OS3/c1-26-12-8-21-16(22-9-12)20-6-10(4-15(18)25)7-23-17-24-13-3-2-11(28-19)5-14(13)27-17/h2-3,5,8-10H,4,6-7,19H2,1H3,(H2,18,25)(H,23,24)(H,20,21,22). The number of rotatable bonds is 10. The van der Waals surface area contributed by atoms with Crippen LogP contribution in [0.2, 0.25) is 0 Å². The van der Waals surface area contributed by atoms with Crippen LogP contribution in [0.1, 0.15) is 6.42 Å². The predicted octanol–water partition coefficient (Wildman–Crippen LogP) is 2.79. The SMILES string of the molecule is CSc1cnc(NCC(CNc2nc3ccc(SN)cc3s2)CC(N)=O)nc1. The van der Waals surface area contributed by atoms with Gasteiger partial charge in [0.05, 0.1) is 10.2 Å². The molecule has 0 spiro atoms. The highest BCUT2D eigenvalue weighted by atomic mass is 32.2. The average Bonchev–Trinajstić information content (AvgIpc) is 3.12. The number of primary amides is 1. The van der Waals surface area contributed by atoms with E-state index in [1.807, 2.05) is 24.5 Å². The lowest BCUT2D eigenvalue weighted by Crippen LogP contribution is -2.28. The van der Waals surface area contributed by atoms with Gasteiger partial charge in [-0.2, -0.15) is 0 Å². The van der Waals surface area contributed by atoms with E-state index in [1.165, 1.54) is 11.9 Å². The fraction of sp³-hybridized carbons (Fsp3) is 0.294. The number of thiazole rings is 1. The van der Waals surface area contributed by atoms with Crippen molar-refractivity contribution in [3.63, 3.8) is 0 Å². The maximum Gasteiger partial charge on any atom is 0.222 e. The van der Waals surface area contributed by atoms with Crippen LogP contribution >= 0.6 is 35.0 Å². The molecule has 1 amide bonds. The molecular formula is C17H21N7OS3. The number of aromatic nitrogens is 3. The summed E-state index contributed by atoms with van der Waals surface area (Å²) in [7, 11) is 0. The molecule has 0 radical (unpaired) electrons. The van der Waals surface area contributed by atoms with E-state index in [0.29, 0.717) is 19.0 Å². The Morgan fingerprint density at radius 1 is 1.21 bits per heavy atom. The number of amides is 1. The maximum absolute atomic E-state index is 11.4. The lowest BCUT2D eigenvalue weighted by Gasteiger charge is -2.16. The molecule has 2 aromatic heterocycles. The molecule has 0 bridgehead atoms. The van der Waals surface area contributed by atoms with Crippen molar-refractivity contribution >= 4 is 62.3 Å². The number of hydrogen-bond acceptors (Lipinski definition) is 10. The number of nitrogens with two attached hydrogens (primary N) is 2. The van der Waals surface area contributed by atoms with Gasteiger partial charge < -0.3 is 16.4 Å². The summed E-state index contributed by atoms with van der Waals surface area (Å²) in [5.74, 6) is 0.156. The summed E-state index contributed by atoms with van der Waals surface area (Å²) in [5, 5.41) is 12.9. The second kappa shape index (κ2) is 9.92. The van der Waals surface area contributed by atoms with E-state index in [1.54, 1.807) is 35.5 Å². The third-order valence-corrected chi connectivity index (χ3v) is 6.12. The van der Waals surface area contributed by atoms with Crippen molar-refractivity contribution in [1.29, 1.82) is 0 Å². The lowest BCUT2D eigenvalue weighted by molar-refractivity contribution is -0.118. The quantitative estimate of drug-likeness (QED) is 0.280. The Bertz CT molecular complexity index is 932. The first-order valence-electron chi connectivity index (χ1n) is 8.46. The number of nitrogens with zero attached hydrogens (tertiary/aromatic N) is 3. The van der Waals surface area contributed by atoms with Gasteiger partial charge in [-0.05, 0) is 36.4 Å². The number of carbonyl (C=O) groups excluding carboxylic acids is 1. The molecule has 1 aromatic carbocycles. The molecule has 0 aliphatic carbocycles. The number of nitrogens with one attached hydrogen (secondary N) is 2. The normalized spacial score (nSPS) is 12.1. The van der Waals surface area contributed by atoms with Crippen molar-refractivity contribution in [1.82, 2.24) is 15.0 Å². The number of anilines is 2. The van der Waals surface area contributed by atoms with Crippen LogP contribution in [0.3, 0.4) is 0 Å². The van der Waals surface area contributed by atoms with Crippen molar-refractivity contribution in [2.45, 2.75) is 16.2 Å². The van der Waals surface area contributed by atoms with Gasteiger partial charge in [-0.3, -0.25) is 9.93 Å². The zero-order valence-electron chi connectivity index (χ0n) is 15.2. The highest BCUT2D eigenvalue weighted by molar-refractivity contribution is 7.98. The second-order valence-corrected chi connectivity index (χ2v) is 8.63. The van der Waals surface area contributed by atoms with Crippen LogP contribution in [0.15, 0.2) is 40.4 Å². The first kappa shape index (κ1) is 20.6. The molecule has 3 aromatic rings. The largest absolute Gasteiger partial charge is 0.370 e. The monoisotopic (exact) mass is 435 g/mol. The number of benzene rings is 1. The number of hydrogen-bond donors (Lipinski definition) is 4. The minimum Gasteiger partial charge on any atom is -0.370 e. The van der Waals surface area contributed by atoms with Gasteiger partial charge in [-0.15, -0.1) is 11.8 Å². The molecule has 28 heavy (non-hydrogen) atoms. The fourth-order valence-corrected chi connectivity index (χ4v) is 4.17. The summed E-state index contributed by atoms with van der Waals surface area (Å²) in [6, 6.07) is 5.91. The number of carbonyl (C=O) groups is 1. The second-order valence-electron chi connectivity index (χ2n) is 6.01. The molecular weight excluding hydrogens is 414 g/mol. The van der Waals surface area contributed by atoms with E-state index in [-0.39, 0.29) is 18.2 Å². The van der Waals surface area contributed by atoms with Gasteiger partial charge in [0.1, 0.15) is 0 Å². The van der Waals surface area contributed by atoms with Crippen LogP contribution in [0.4, 0.5) is 11.1 Å². The summed E-state index contributed by atoms with van der Waals surface area (Å²) in [6.45, 7) is 1.07. The van der Waals surface area contributed by atoms with E-state index in [4.69, 9.17) is 10.9 Å². The van der Waals surface area contributed by atoms with Crippen LogP contribution in [-0.4, -0.2) is 40.2 Å². The maximum atomic E-state index is 11.4. The van der Waals surface area contributed by atoms with Gasteiger partial charge in [-0.25, -0.2) is 15.0 Å². The third-order valence-electron chi connectivity index (χ3n) is 3.94. The molecule has 8 nitrogen and oxygen atoms in total. The van der Waals surface area contributed by atoms with Gasteiger partial charge in [0.2, 0.25) is 11.9 Å². The smallest absolute Gasteiger partial charge is 0.222 e. The van der Waals surface area contributed by atoms with Crippen molar-refractivity contribution < 1.29 is 4.79 Å². The predicted molar refractivity (Wildman–Crippen MR) is 118 cm³/mol. The first-order valence-corrected chi connectivity index (χ1v) is 11.4. The zero-order chi connectivity index (χ0) is 19.9. The topological polar surface area (TPSA) is 132 Å². The molecule has 0 fully saturated rings. The van der Waals surface area contributed by atoms with Crippen molar-refractivity contribution in [2.75, 3.05) is 30.0 Å². The third kappa shape index (κ3) is 5.71. The van der Waals surface area contributed by atoms with E-state index in [9.17, 15) is 4.79 Å². The Morgan fingerprint density at radius 3 is 2.64 bits per heavy atom. The lowest BCUT2D eigenvalue weighted by atomic mass is 10.1. The molecule has 3 rings (SSSR count). The average molecular weight is 436 g/mol. The van der Waals surface area contributed by atoms with Crippen molar-refractivity contribution in [2.24, 2.45) is 16.8 Å². The Balaban J connectivity index is 1.60. The molecule has 0 saturated heterocycles. The Kier molecular flexibility index (Phi) is 7.31. The van der Waals surface area contributed by atoms with Gasteiger partial charge >= 0.3 is 0 Å². The van der Waals surface area contributed by atoms with Crippen molar-refractivity contribution in [3.8, 4) is 0 Å². The summed E-state index contributed by atoms with van der Waals surface area (Å²) >= 11 is 4.34. The molecule has 1 atom stereocenters. The highest BCUT2D eigenvalue weighted by Crippen LogP contribution is 2.29. The van der Waals surface area contributed by atoms with Gasteiger partial charge in [-0.1, -0.05) is 11.3 Å². The summed E-state index contributed by atoms with van der Waals surface area (Å²) in [5.41, 5.74) is 6.32. The summed E-state index contributed by atoms with van der Waals surface area (Å²) < 4.78 is 1.06. The molecule has 11 heteroatoms. The first-order chi connectivity index (χ1) is 13.6. The van der Waals surface area contributed by atoms with Gasteiger partial charge in [0.15, 0.2) is 5.13 Å². The van der Waals surface area contributed by atoms with E-state index in [2.05, 4.69) is 25.6 Å². The fourth-order valence-electron chi connectivity index (χ4n) is 2.54. The van der Waals surface area contributed by atoms with Crippen LogP contribution in [-0.2, 0) is 4.79 Å². The van der Waals surface area contributed by atoms with Crippen LogP contribution in [0.5, 0.6) is 0 Å². The summed E-state index contributed by atoms with van der Waals surface area (Å²) in [6.07, 6.45) is 5.74. The number of fused-ring (bicyclic) bond motifs is 1. The minimum atomic E-state index is -0.346. The van der Waals surface area contributed by atoms with Gasteiger partial charge in [0.25, 0.3) is 0 Å². The highest BCUT2D eigenvalue weighted by Gasteiger charge is 2.14. The Hall–Kier alpha value is -2.08. The Morgan fingerprint density at radius 2 is 1.96 bits per heavy atom. The molecule has 0 saturated carbocycles.